The van der Waals surface area contributed by atoms with Crippen LogP contribution in [0, 0.1) is 0 Å². The van der Waals surface area contributed by atoms with Crippen LogP contribution < -0.4 is 15.0 Å². The van der Waals surface area contributed by atoms with Crippen LogP contribution >= 0.6 is 11.6 Å². The van der Waals surface area contributed by atoms with Gasteiger partial charge in [0.15, 0.2) is 0 Å². The quantitative estimate of drug-likeness (QED) is 0.679. The highest BCUT2D eigenvalue weighted by Gasteiger charge is 2.25. The molecule has 1 fully saturated rings. The first kappa shape index (κ1) is 11.5. The summed E-state index contributed by atoms with van der Waals surface area (Å²) >= 11 is 5.67. The molecule has 2 rings (SSSR count). The number of amides is 2. The number of imide groups is 1. The van der Waals surface area contributed by atoms with Gasteiger partial charge in [-0.25, -0.2) is 0 Å². The zero-order valence-electron chi connectivity index (χ0n) is 8.81. The largest absolute Gasteiger partial charge is 0.467 e. The second-order valence-corrected chi connectivity index (χ2v) is 3.56. The lowest BCUT2D eigenvalue weighted by Gasteiger charge is -2.25. The number of nitrogens with zero attached hydrogens (tertiary/aromatic N) is 4. The minimum absolute atomic E-state index is 0.0186. The van der Waals surface area contributed by atoms with Crippen molar-refractivity contribution < 1.29 is 14.3 Å². The van der Waals surface area contributed by atoms with Gasteiger partial charge in [-0.05, 0) is 11.6 Å². The summed E-state index contributed by atoms with van der Waals surface area (Å²) < 4.78 is 4.82. The molecular weight excluding hydrogens is 250 g/mol. The van der Waals surface area contributed by atoms with Crippen molar-refractivity contribution in [3.8, 4) is 6.01 Å². The molecule has 0 bridgehead atoms. The van der Waals surface area contributed by atoms with Crippen LogP contribution in [0.4, 0.5) is 5.95 Å². The van der Waals surface area contributed by atoms with E-state index >= 15 is 0 Å². The van der Waals surface area contributed by atoms with Crippen molar-refractivity contribution in [1.82, 2.24) is 20.3 Å². The molecule has 2 amide bonds. The molecule has 1 aromatic rings. The van der Waals surface area contributed by atoms with Crippen LogP contribution in [0.25, 0.3) is 0 Å². The molecular formula is C8H8ClN5O3. The van der Waals surface area contributed by atoms with Crippen molar-refractivity contribution in [3.05, 3.63) is 5.28 Å². The fourth-order valence-corrected chi connectivity index (χ4v) is 1.48. The number of halogens is 1. The number of carbonyl (C=O) groups is 2. The van der Waals surface area contributed by atoms with Crippen LogP contribution in [0.1, 0.15) is 0 Å². The molecule has 1 saturated heterocycles. The van der Waals surface area contributed by atoms with Crippen molar-refractivity contribution in [1.29, 1.82) is 0 Å². The lowest BCUT2D eigenvalue weighted by Crippen LogP contribution is -2.52. The fourth-order valence-electron chi connectivity index (χ4n) is 1.33. The Morgan fingerprint density at radius 1 is 1.24 bits per heavy atom. The second-order valence-electron chi connectivity index (χ2n) is 3.22. The fraction of sp³-hybridized carbons (Fsp3) is 0.375. The Bertz CT molecular complexity index is 464. The molecule has 0 radical (unpaired) electrons. The van der Waals surface area contributed by atoms with Gasteiger partial charge in [0.25, 0.3) is 0 Å². The maximum absolute atomic E-state index is 11.2. The highest BCUT2D eigenvalue weighted by molar-refractivity contribution is 6.28. The number of carbonyl (C=O) groups excluding carboxylic acids is 2. The number of piperazine rings is 1. The standard InChI is InChI=1S/C8H8ClN5O3/c1-17-8-12-6(9)11-7(13-8)14-2-4(15)10-5(16)3-14/h2-3H2,1H3,(H,10,15,16). The van der Waals surface area contributed by atoms with Gasteiger partial charge in [-0.3, -0.25) is 14.9 Å². The molecule has 0 aromatic carbocycles. The third-order valence-corrected chi connectivity index (χ3v) is 2.16. The minimum atomic E-state index is -0.420. The molecule has 17 heavy (non-hydrogen) atoms. The average molecular weight is 258 g/mol. The van der Waals surface area contributed by atoms with Gasteiger partial charge in [-0.15, -0.1) is 0 Å². The van der Waals surface area contributed by atoms with E-state index in [1.165, 1.54) is 12.0 Å². The number of rotatable bonds is 2. The molecule has 2 heterocycles. The molecule has 0 saturated carbocycles. The van der Waals surface area contributed by atoms with Gasteiger partial charge in [0.1, 0.15) is 13.1 Å². The van der Waals surface area contributed by atoms with Crippen molar-refractivity contribution >= 4 is 29.4 Å². The van der Waals surface area contributed by atoms with Crippen LogP contribution in [-0.2, 0) is 9.59 Å². The molecule has 1 aromatic heterocycles. The number of methoxy groups -OCH3 is 1. The third-order valence-electron chi connectivity index (χ3n) is 1.99. The van der Waals surface area contributed by atoms with Gasteiger partial charge in [0.2, 0.25) is 23.0 Å². The second kappa shape index (κ2) is 4.50. The van der Waals surface area contributed by atoms with Crippen LogP contribution in [0.3, 0.4) is 0 Å². The third kappa shape index (κ3) is 2.59. The Labute approximate surface area is 101 Å². The van der Waals surface area contributed by atoms with Crippen LogP contribution in [0.15, 0.2) is 0 Å². The zero-order chi connectivity index (χ0) is 12.4. The van der Waals surface area contributed by atoms with Crippen LogP contribution in [0.5, 0.6) is 6.01 Å². The van der Waals surface area contributed by atoms with Crippen molar-refractivity contribution in [2.75, 3.05) is 25.1 Å². The van der Waals surface area contributed by atoms with Gasteiger partial charge in [0.05, 0.1) is 7.11 Å². The maximum Gasteiger partial charge on any atom is 0.322 e. The summed E-state index contributed by atoms with van der Waals surface area (Å²) in [6.07, 6.45) is 0. The Morgan fingerprint density at radius 3 is 2.47 bits per heavy atom. The van der Waals surface area contributed by atoms with E-state index in [0.717, 1.165) is 0 Å². The van der Waals surface area contributed by atoms with E-state index < -0.39 is 11.8 Å². The molecule has 0 spiro atoms. The normalized spacial score (nSPS) is 15.8. The highest BCUT2D eigenvalue weighted by Crippen LogP contribution is 2.15. The van der Waals surface area contributed by atoms with Crippen molar-refractivity contribution in [3.63, 3.8) is 0 Å². The molecule has 90 valence electrons. The van der Waals surface area contributed by atoms with Gasteiger partial charge in [0, 0.05) is 0 Å². The van der Waals surface area contributed by atoms with E-state index in [2.05, 4.69) is 20.3 Å². The summed E-state index contributed by atoms with van der Waals surface area (Å²) in [7, 11) is 1.38. The number of nitrogens with one attached hydrogen (secondary N) is 1. The van der Waals surface area contributed by atoms with Gasteiger partial charge >= 0.3 is 6.01 Å². The lowest BCUT2D eigenvalue weighted by molar-refractivity contribution is -0.130. The van der Waals surface area contributed by atoms with Gasteiger partial charge < -0.3 is 9.64 Å². The smallest absolute Gasteiger partial charge is 0.322 e. The molecule has 0 aliphatic carbocycles. The average Bonchev–Trinajstić information content (AvgIpc) is 2.26. The van der Waals surface area contributed by atoms with Crippen LogP contribution in [-0.4, -0.2) is 47.0 Å². The number of anilines is 1. The summed E-state index contributed by atoms with van der Waals surface area (Å²) in [6, 6.07) is 0.0263. The number of ether oxygens (including phenoxy) is 1. The minimum Gasteiger partial charge on any atom is -0.467 e. The Kier molecular flexibility index (Phi) is 3.05. The number of hydrogen-bond acceptors (Lipinski definition) is 7. The first-order valence-electron chi connectivity index (χ1n) is 4.61. The summed E-state index contributed by atoms with van der Waals surface area (Å²) in [5.41, 5.74) is 0. The molecule has 0 unspecified atom stereocenters. The molecule has 1 aliphatic heterocycles. The summed E-state index contributed by atoms with van der Waals surface area (Å²) in [5.74, 6) is -0.710. The van der Waals surface area contributed by atoms with E-state index in [9.17, 15) is 9.59 Å². The van der Waals surface area contributed by atoms with Gasteiger partial charge in [-0.1, -0.05) is 0 Å². The van der Waals surface area contributed by atoms with Crippen molar-refractivity contribution in [2.45, 2.75) is 0 Å². The Morgan fingerprint density at radius 2 is 1.88 bits per heavy atom. The highest BCUT2D eigenvalue weighted by atomic mass is 35.5. The lowest BCUT2D eigenvalue weighted by atomic mass is 10.3. The first-order valence-corrected chi connectivity index (χ1v) is 4.99. The Hall–Kier alpha value is -1.96. The summed E-state index contributed by atoms with van der Waals surface area (Å²) in [5, 5.41) is 2.10. The van der Waals surface area contributed by atoms with Crippen LogP contribution in [0.2, 0.25) is 5.28 Å². The SMILES string of the molecule is COc1nc(Cl)nc(N2CC(=O)NC(=O)C2)n1. The summed E-state index contributed by atoms with van der Waals surface area (Å²) in [6.45, 7) is -0.0372. The molecule has 0 atom stereocenters. The van der Waals surface area contributed by atoms with Gasteiger partial charge in [-0.2, -0.15) is 15.0 Å². The Balaban J connectivity index is 2.29. The summed E-state index contributed by atoms with van der Waals surface area (Å²) in [4.78, 5) is 35.2. The number of aromatic nitrogens is 3. The van der Waals surface area contributed by atoms with E-state index in [1.54, 1.807) is 0 Å². The molecule has 8 nitrogen and oxygen atoms in total. The van der Waals surface area contributed by atoms with E-state index in [0.29, 0.717) is 0 Å². The predicted octanol–water partition coefficient (Wildman–Crippen LogP) is -1.00. The van der Waals surface area contributed by atoms with Crippen molar-refractivity contribution in [2.24, 2.45) is 0 Å². The molecule has 1 N–H and O–H groups in total. The molecule has 1 aliphatic rings. The van der Waals surface area contributed by atoms with E-state index in [4.69, 9.17) is 16.3 Å². The predicted molar refractivity (Wildman–Crippen MR) is 56.8 cm³/mol. The monoisotopic (exact) mass is 257 g/mol. The topological polar surface area (TPSA) is 97.3 Å². The van der Waals surface area contributed by atoms with E-state index in [-0.39, 0.29) is 30.3 Å². The number of hydrogen-bond donors (Lipinski definition) is 1. The zero-order valence-corrected chi connectivity index (χ0v) is 9.56. The molecule has 9 heteroatoms. The first-order chi connectivity index (χ1) is 8.08. The van der Waals surface area contributed by atoms with E-state index in [1.807, 2.05) is 0 Å². The maximum atomic E-state index is 11.2.